The predicted molar refractivity (Wildman–Crippen MR) is 112 cm³/mol. The fourth-order valence-electron chi connectivity index (χ4n) is 3.47. The summed E-state index contributed by atoms with van der Waals surface area (Å²) in [5.41, 5.74) is 1.73. The molecule has 0 saturated carbocycles. The van der Waals surface area contributed by atoms with E-state index >= 15 is 0 Å². The van der Waals surface area contributed by atoms with Crippen molar-refractivity contribution < 1.29 is 8.42 Å². The van der Waals surface area contributed by atoms with E-state index < -0.39 is 10.0 Å². The van der Waals surface area contributed by atoms with Crippen molar-refractivity contribution in [2.45, 2.75) is 31.1 Å². The number of hydrogen-bond acceptors (Lipinski definition) is 6. The first-order valence-corrected chi connectivity index (χ1v) is 11.2. The number of piperidine rings is 1. The maximum atomic E-state index is 12.9. The highest BCUT2D eigenvalue weighted by atomic mass is 32.2. The lowest BCUT2D eigenvalue weighted by molar-refractivity contribution is 0.308. The molecule has 2 aromatic rings. The van der Waals surface area contributed by atoms with Crippen molar-refractivity contribution >= 4 is 15.8 Å². The summed E-state index contributed by atoms with van der Waals surface area (Å²) in [5.74, 6) is 1.62. The molecule has 1 aliphatic rings. The number of nitrogens with one attached hydrogen (secondary N) is 1. The zero-order chi connectivity index (χ0) is 20.1. The third-order valence-electron chi connectivity index (χ3n) is 4.93. The van der Waals surface area contributed by atoms with Gasteiger partial charge in [-0.15, -0.1) is 0 Å². The molecule has 1 atom stereocenters. The predicted octanol–water partition coefficient (Wildman–Crippen LogP) is 1.97. The van der Waals surface area contributed by atoms with Crippen LogP contribution in [0.15, 0.2) is 36.4 Å². The number of aromatic nitrogens is 2. The van der Waals surface area contributed by atoms with Crippen molar-refractivity contribution in [2.24, 2.45) is 0 Å². The van der Waals surface area contributed by atoms with Gasteiger partial charge in [-0.25, -0.2) is 22.7 Å². The summed E-state index contributed by atoms with van der Waals surface area (Å²) in [6.45, 7) is 1.65. The Bertz CT molecular complexity index is 887. The van der Waals surface area contributed by atoms with E-state index in [4.69, 9.17) is 9.97 Å². The van der Waals surface area contributed by atoms with Crippen LogP contribution in [-0.2, 0) is 22.3 Å². The summed E-state index contributed by atoms with van der Waals surface area (Å²) in [6, 6.07) is 11.3. The van der Waals surface area contributed by atoms with Crippen LogP contribution in [0.4, 0.5) is 5.82 Å². The number of anilines is 1. The Morgan fingerprint density at radius 2 is 1.96 bits per heavy atom. The average Bonchev–Trinajstić information content (AvgIpc) is 2.68. The molecule has 0 radical (unpaired) electrons. The van der Waals surface area contributed by atoms with Crippen molar-refractivity contribution in [3.63, 3.8) is 0 Å². The summed E-state index contributed by atoms with van der Waals surface area (Å²) in [4.78, 5) is 11.4. The topological polar surface area (TPSA) is 78.4 Å². The number of hydrogen-bond donors (Lipinski definition) is 1. The molecule has 7 nitrogen and oxygen atoms in total. The van der Waals surface area contributed by atoms with Crippen molar-refractivity contribution in [1.82, 2.24) is 19.6 Å². The van der Waals surface area contributed by atoms with Gasteiger partial charge in [0.15, 0.2) is 0 Å². The summed E-state index contributed by atoms with van der Waals surface area (Å²) in [7, 11) is 2.42. The first-order chi connectivity index (χ1) is 13.4. The van der Waals surface area contributed by atoms with Crippen LogP contribution in [0, 0.1) is 0 Å². The second-order valence-electron chi connectivity index (χ2n) is 7.44. The lowest BCUT2D eigenvalue weighted by atomic mass is 9.98. The molecule has 0 aliphatic carbocycles. The van der Waals surface area contributed by atoms with Crippen molar-refractivity contribution in [3.8, 4) is 0 Å². The fraction of sp³-hybridized carbons (Fsp3) is 0.500. The molecule has 1 aromatic heterocycles. The quantitative estimate of drug-likeness (QED) is 0.762. The zero-order valence-corrected chi connectivity index (χ0v) is 17.6. The van der Waals surface area contributed by atoms with E-state index in [1.807, 2.05) is 62.4 Å². The van der Waals surface area contributed by atoms with E-state index in [-0.39, 0.29) is 11.7 Å². The van der Waals surface area contributed by atoms with E-state index in [1.54, 1.807) is 4.31 Å². The SMILES string of the molecule is CNCc1cc(N(C)C)nc([C@H]2CCCN(S(=O)(=O)Cc3ccccc3)C2)n1. The van der Waals surface area contributed by atoms with Crippen LogP contribution in [0.25, 0.3) is 0 Å². The van der Waals surface area contributed by atoms with Gasteiger partial charge in [0.1, 0.15) is 11.6 Å². The van der Waals surface area contributed by atoms with Crippen molar-refractivity contribution in [3.05, 3.63) is 53.5 Å². The van der Waals surface area contributed by atoms with Crippen LogP contribution in [0.3, 0.4) is 0 Å². The highest BCUT2D eigenvalue weighted by Gasteiger charge is 2.31. The molecule has 1 fully saturated rings. The standard InChI is InChI=1S/C20H29N5O2S/c1-21-13-18-12-19(24(2)3)23-20(22-18)17-10-7-11-25(14-17)28(26,27)15-16-8-5-4-6-9-16/h4-6,8-9,12,17,21H,7,10-11,13-15H2,1-3H3/t17-/m0/s1. The molecule has 0 bridgehead atoms. The molecular weight excluding hydrogens is 374 g/mol. The second-order valence-corrected chi connectivity index (χ2v) is 9.41. The highest BCUT2D eigenvalue weighted by Crippen LogP contribution is 2.28. The van der Waals surface area contributed by atoms with Gasteiger partial charge in [0.25, 0.3) is 0 Å². The van der Waals surface area contributed by atoms with Crippen LogP contribution >= 0.6 is 0 Å². The first-order valence-electron chi connectivity index (χ1n) is 9.60. The Labute approximate surface area is 167 Å². The maximum absolute atomic E-state index is 12.9. The number of rotatable bonds is 7. The molecule has 3 rings (SSSR count). The second kappa shape index (κ2) is 8.98. The molecule has 0 amide bonds. The van der Waals surface area contributed by atoms with E-state index in [0.717, 1.165) is 35.7 Å². The third kappa shape index (κ3) is 5.06. The Kier molecular flexibility index (Phi) is 6.64. The van der Waals surface area contributed by atoms with Crippen molar-refractivity contribution in [1.29, 1.82) is 0 Å². The molecule has 1 aromatic carbocycles. The average molecular weight is 404 g/mol. The largest absolute Gasteiger partial charge is 0.363 e. The number of benzene rings is 1. The minimum absolute atomic E-state index is 0.00908. The van der Waals surface area contributed by atoms with E-state index in [0.29, 0.717) is 19.6 Å². The first kappa shape index (κ1) is 20.7. The Morgan fingerprint density at radius 3 is 2.64 bits per heavy atom. The molecule has 0 spiro atoms. The van der Waals surface area contributed by atoms with Gasteiger partial charge in [-0.1, -0.05) is 30.3 Å². The fourth-order valence-corrected chi connectivity index (χ4v) is 5.08. The minimum Gasteiger partial charge on any atom is -0.363 e. The summed E-state index contributed by atoms with van der Waals surface area (Å²) in [5, 5.41) is 3.13. The maximum Gasteiger partial charge on any atom is 0.218 e. The lowest BCUT2D eigenvalue weighted by Crippen LogP contribution is -2.40. The van der Waals surface area contributed by atoms with Gasteiger partial charge in [0, 0.05) is 45.7 Å². The zero-order valence-electron chi connectivity index (χ0n) is 16.8. The van der Waals surface area contributed by atoms with Crippen LogP contribution in [0.2, 0.25) is 0 Å². The van der Waals surface area contributed by atoms with Gasteiger partial charge in [0.05, 0.1) is 11.4 Å². The van der Waals surface area contributed by atoms with Gasteiger partial charge in [-0.05, 0) is 25.5 Å². The van der Waals surface area contributed by atoms with Crippen LogP contribution in [0.5, 0.6) is 0 Å². The van der Waals surface area contributed by atoms with E-state index in [9.17, 15) is 8.42 Å². The molecular formula is C20H29N5O2S. The normalized spacial score (nSPS) is 18.2. The van der Waals surface area contributed by atoms with E-state index in [1.165, 1.54) is 0 Å². The molecule has 1 aliphatic heterocycles. The molecule has 152 valence electrons. The van der Waals surface area contributed by atoms with Crippen molar-refractivity contribution in [2.75, 3.05) is 39.1 Å². The van der Waals surface area contributed by atoms with E-state index in [2.05, 4.69) is 5.32 Å². The highest BCUT2D eigenvalue weighted by molar-refractivity contribution is 7.88. The van der Waals surface area contributed by atoms with Gasteiger partial charge < -0.3 is 10.2 Å². The van der Waals surface area contributed by atoms with Crippen LogP contribution < -0.4 is 10.2 Å². The monoisotopic (exact) mass is 403 g/mol. The van der Waals surface area contributed by atoms with Gasteiger partial charge >= 0.3 is 0 Å². The molecule has 0 unspecified atom stereocenters. The van der Waals surface area contributed by atoms with Gasteiger partial charge in [-0.2, -0.15) is 0 Å². The molecule has 8 heteroatoms. The molecule has 1 saturated heterocycles. The van der Waals surface area contributed by atoms with Crippen LogP contribution in [-0.4, -0.2) is 56.9 Å². The minimum atomic E-state index is -3.37. The smallest absolute Gasteiger partial charge is 0.218 e. The number of nitrogens with zero attached hydrogens (tertiary/aromatic N) is 4. The lowest BCUT2D eigenvalue weighted by Gasteiger charge is -2.31. The summed E-state index contributed by atoms with van der Waals surface area (Å²) < 4.78 is 27.5. The summed E-state index contributed by atoms with van der Waals surface area (Å²) >= 11 is 0. The molecule has 1 N–H and O–H groups in total. The molecule has 28 heavy (non-hydrogen) atoms. The Balaban J connectivity index is 1.81. The number of sulfonamides is 1. The summed E-state index contributed by atoms with van der Waals surface area (Å²) in [6.07, 6.45) is 1.71. The van der Waals surface area contributed by atoms with Gasteiger partial charge in [0.2, 0.25) is 10.0 Å². The van der Waals surface area contributed by atoms with Crippen LogP contribution in [0.1, 0.15) is 35.8 Å². The Morgan fingerprint density at radius 1 is 1.21 bits per heavy atom. The third-order valence-corrected chi connectivity index (χ3v) is 6.75. The van der Waals surface area contributed by atoms with Gasteiger partial charge in [-0.3, -0.25) is 0 Å². The molecule has 2 heterocycles. The Hall–Kier alpha value is -2.03.